The van der Waals surface area contributed by atoms with E-state index in [2.05, 4.69) is 14.9 Å². The van der Waals surface area contributed by atoms with Gasteiger partial charge in [0.05, 0.1) is 11.4 Å². The van der Waals surface area contributed by atoms with E-state index >= 15 is 0 Å². The Hall–Kier alpha value is -2.26. The van der Waals surface area contributed by atoms with Crippen molar-refractivity contribution >= 4 is 21.6 Å². The highest BCUT2D eigenvalue weighted by atomic mass is 32.2. The molecule has 9 heteroatoms. The molecular weight excluding hydrogens is 344 g/mol. The van der Waals surface area contributed by atoms with E-state index in [0.29, 0.717) is 18.9 Å². The fourth-order valence-corrected chi connectivity index (χ4v) is 4.01. The van der Waals surface area contributed by atoms with Gasteiger partial charge in [-0.1, -0.05) is 5.16 Å². The van der Waals surface area contributed by atoms with Crippen molar-refractivity contribution in [2.45, 2.75) is 37.6 Å². The van der Waals surface area contributed by atoms with E-state index in [0.717, 1.165) is 24.1 Å². The maximum atomic E-state index is 12.5. The van der Waals surface area contributed by atoms with Gasteiger partial charge in [0.1, 0.15) is 0 Å². The number of carbonyl (C=O) groups is 1. The zero-order chi connectivity index (χ0) is 17.6. The third-order valence-corrected chi connectivity index (χ3v) is 5.84. The van der Waals surface area contributed by atoms with Crippen molar-refractivity contribution in [3.8, 4) is 0 Å². The Morgan fingerprint density at radius 1 is 1.40 bits per heavy atom. The van der Waals surface area contributed by atoms with Gasteiger partial charge in [-0.25, -0.2) is 13.1 Å². The number of benzene rings is 1. The SMILES string of the molecule is Cc1nc(CNS(=O)(=O)c2ccc3c(c2)CCN3C(=O)C2CC2)no1. The molecule has 0 spiro atoms. The second-order valence-corrected chi connectivity index (χ2v) is 8.13. The molecule has 25 heavy (non-hydrogen) atoms. The van der Waals surface area contributed by atoms with Crippen molar-refractivity contribution in [1.82, 2.24) is 14.9 Å². The lowest BCUT2D eigenvalue weighted by Crippen LogP contribution is -2.30. The molecule has 1 aliphatic carbocycles. The molecule has 0 bridgehead atoms. The topological polar surface area (TPSA) is 105 Å². The predicted octanol–water partition coefficient (Wildman–Crippen LogP) is 1.16. The number of hydrogen-bond donors (Lipinski definition) is 1. The summed E-state index contributed by atoms with van der Waals surface area (Å²) in [6.07, 6.45) is 2.58. The molecule has 1 fully saturated rings. The Kier molecular flexibility index (Phi) is 3.84. The summed E-state index contributed by atoms with van der Waals surface area (Å²) in [5.74, 6) is 0.963. The lowest BCUT2D eigenvalue weighted by molar-refractivity contribution is -0.119. The van der Waals surface area contributed by atoms with Crippen molar-refractivity contribution in [3.63, 3.8) is 0 Å². The van der Waals surface area contributed by atoms with Crippen LogP contribution in [0.15, 0.2) is 27.6 Å². The van der Waals surface area contributed by atoms with Crippen LogP contribution in [0, 0.1) is 12.8 Å². The summed E-state index contributed by atoms with van der Waals surface area (Å²) >= 11 is 0. The molecule has 1 aromatic heterocycles. The van der Waals surface area contributed by atoms with Gasteiger partial charge in [-0.2, -0.15) is 4.98 Å². The second-order valence-electron chi connectivity index (χ2n) is 6.36. The number of aromatic nitrogens is 2. The van der Waals surface area contributed by atoms with Crippen LogP contribution in [0.1, 0.15) is 30.1 Å². The third kappa shape index (κ3) is 3.16. The molecule has 1 N–H and O–H groups in total. The van der Waals surface area contributed by atoms with Crippen LogP contribution in [0.4, 0.5) is 5.69 Å². The quantitative estimate of drug-likeness (QED) is 0.855. The molecule has 2 heterocycles. The van der Waals surface area contributed by atoms with E-state index in [4.69, 9.17) is 4.52 Å². The van der Waals surface area contributed by atoms with Gasteiger partial charge in [-0.05, 0) is 43.0 Å². The number of hydrogen-bond acceptors (Lipinski definition) is 6. The fraction of sp³-hybridized carbons (Fsp3) is 0.438. The normalized spacial score (nSPS) is 16.9. The maximum absolute atomic E-state index is 12.5. The van der Waals surface area contributed by atoms with Crippen molar-refractivity contribution in [3.05, 3.63) is 35.5 Å². The van der Waals surface area contributed by atoms with E-state index in [1.165, 1.54) is 6.07 Å². The summed E-state index contributed by atoms with van der Waals surface area (Å²) in [7, 11) is -3.69. The molecule has 4 rings (SSSR count). The van der Waals surface area contributed by atoms with Gasteiger partial charge in [0.15, 0.2) is 5.82 Å². The number of carbonyl (C=O) groups excluding carboxylic acids is 1. The summed E-state index contributed by atoms with van der Waals surface area (Å²) in [4.78, 5) is 18.2. The highest BCUT2D eigenvalue weighted by Crippen LogP contribution is 2.37. The zero-order valence-corrected chi connectivity index (χ0v) is 14.5. The minimum Gasteiger partial charge on any atom is -0.340 e. The maximum Gasteiger partial charge on any atom is 0.240 e. The van der Waals surface area contributed by atoms with Crippen molar-refractivity contribution in [1.29, 1.82) is 0 Å². The molecule has 8 nitrogen and oxygen atoms in total. The smallest absolute Gasteiger partial charge is 0.240 e. The lowest BCUT2D eigenvalue weighted by Gasteiger charge is -2.17. The monoisotopic (exact) mass is 362 g/mol. The number of nitrogens with one attached hydrogen (secondary N) is 1. The number of anilines is 1. The molecule has 0 saturated heterocycles. The molecule has 1 amide bonds. The minimum atomic E-state index is -3.69. The first-order valence-electron chi connectivity index (χ1n) is 8.17. The molecule has 0 unspecified atom stereocenters. The van der Waals surface area contributed by atoms with Crippen LogP contribution >= 0.6 is 0 Å². The number of sulfonamides is 1. The Morgan fingerprint density at radius 3 is 2.88 bits per heavy atom. The average Bonchev–Trinajstić information content (AvgIpc) is 3.22. The third-order valence-electron chi connectivity index (χ3n) is 4.44. The van der Waals surface area contributed by atoms with Crippen LogP contribution in [-0.4, -0.2) is 31.0 Å². The van der Waals surface area contributed by atoms with Crippen molar-refractivity contribution < 1.29 is 17.7 Å². The number of aryl methyl sites for hydroxylation is 1. The predicted molar refractivity (Wildman–Crippen MR) is 88.3 cm³/mol. The highest BCUT2D eigenvalue weighted by Gasteiger charge is 2.36. The molecule has 1 aromatic carbocycles. The zero-order valence-electron chi connectivity index (χ0n) is 13.7. The summed E-state index contributed by atoms with van der Waals surface area (Å²) in [5.41, 5.74) is 1.71. The highest BCUT2D eigenvalue weighted by molar-refractivity contribution is 7.89. The van der Waals surface area contributed by atoms with Crippen LogP contribution in [-0.2, 0) is 27.8 Å². The lowest BCUT2D eigenvalue weighted by atomic mass is 10.2. The Balaban J connectivity index is 1.52. The van der Waals surface area contributed by atoms with Crippen LogP contribution < -0.4 is 9.62 Å². The Labute approximate surface area is 145 Å². The van der Waals surface area contributed by atoms with E-state index in [-0.39, 0.29) is 29.1 Å². The average molecular weight is 362 g/mol. The van der Waals surface area contributed by atoms with Crippen molar-refractivity contribution in [2.24, 2.45) is 5.92 Å². The first-order valence-corrected chi connectivity index (χ1v) is 9.65. The Bertz CT molecular complexity index is 933. The molecule has 2 aromatic rings. The van der Waals surface area contributed by atoms with Gasteiger partial charge >= 0.3 is 0 Å². The minimum absolute atomic E-state index is 0.0386. The number of nitrogens with zero attached hydrogens (tertiary/aromatic N) is 3. The van der Waals surface area contributed by atoms with Gasteiger partial charge in [0.25, 0.3) is 0 Å². The van der Waals surface area contributed by atoms with Gasteiger partial charge in [0.2, 0.25) is 21.8 Å². The number of fused-ring (bicyclic) bond motifs is 1. The van der Waals surface area contributed by atoms with E-state index in [9.17, 15) is 13.2 Å². The largest absolute Gasteiger partial charge is 0.340 e. The van der Waals surface area contributed by atoms with Gasteiger partial charge < -0.3 is 9.42 Å². The summed E-state index contributed by atoms with van der Waals surface area (Å²) in [5, 5.41) is 3.66. The van der Waals surface area contributed by atoms with Crippen LogP contribution in [0.25, 0.3) is 0 Å². The van der Waals surface area contributed by atoms with Crippen LogP contribution in [0.2, 0.25) is 0 Å². The summed E-state index contributed by atoms with van der Waals surface area (Å²) in [6.45, 7) is 2.22. The van der Waals surface area contributed by atoms with E-state index < -0.39 is 10.0 Å². The fourth-order valence-electron chi connectivity index (χ4n) is 2.98. The standard InChI is InChI=1S/C16H18N4O4S/c1-10-18-15(19-24-10)9-17-25(22,23)13-4-5-14-12(8-13)6-7-20(14)16(21)11-2-3-11/h4-5,8,11,17H,2-3,6-7,9H2,1H3. The summed E-state index contributed by atoms with van der Waals surface area (Å²) < 4.78 is 32.2. The van der Waals surface area contributed by atoms with Gasteiger partial charge in [-0.15, -0.1) is 0 Å². The first-order chi connectivity index (χ1) is 11.9. The summed E-state index contributed by atoms with van der Waals surface area (Å²) in [6, 6.07) is 4.89. The molecule has 0 atom stereocenters. The molecule has 2 aliphatic rings. The van der Waals surface area contributed by atoms with E-state index in [1.54, 1.807) is 24.0 Å². The molecule has 132 valence electrons. The number of rotatable bonds is 5. The van der Waals surface area contributed by atoms with Gasteiger partial charge in [0, 0.05) is 25.1 Å². The molecule has 1 saturated carbocycles. The van der Waals surface area contributed by atoms with Crippen LogP contribution in [0.5, 0.6) is 0 Å². The molecular formula is C16H18N4O4S. The van der Waals surface area contributed by atoms with Crippen LogP contribution in [0.3, 0.4) is 0 Å². The molecule has 0 radical (unpaired) electrons. The van der Waals surface area contributed by atoms with Crippen molar-refractivity contribution in [2.75, 3.05) is 11.4 Å². The first kappa shape index (κ1) is 16.2. The number of amides is 1. The van der Waals surface area contributed by atoms with Gasteiger partial charge in [-0.3, -0.25) is 4.79 Å². The molecule has 1 aliphatic heterocycles. The second kappa shape index (κ2) is 5.92. The van der Waals surface area contributed by atoms with E-state index in [1.807, 2.05) is 0 Å². The Morgan fingerprint density at radius 2 is 2.20 bits per heavy atom.